The van der Waals surface area contributed by atoms with Gasteiger partial charge in [0.05, 0.1) is 6.26 Å². The van der Waals surface area contributed by atoms with Gasteiger partial charge in [-0.05, 0) is 33.1 Å². The highest BCUT2D eigenvalue weighted by molar-refractivity contribution is 14.0. The number of aliphatic imine (C=N–C) groups is 1. The van der Waals surface area contributed by atoms with E-state index in [0.717, 1.165) is 37.8 Å². The Morgan fingerprint density at radius 1 is 1.38 bits per heavy atom. The molecule has 142 valence electrons. The zero-order chi connectivity index (χ0) is 17.1. The molecule has 24 heavy (non-hydrogen) atoms. The summed E-state index contributed by atoms with van der Waals surface area (Å²) in [5, 5.41) is 3.39. The van der Waals surface area contributed by atoms with Gasteiger partial charge >= 0.3 is 0 Å². The van der Waals surface area contributed by atoms with Gasteiger partial charge in [0.25, 0.3) is 0 Å². The number of hydrogen-bond acceptors (Lipinski definition) is 4. The second kappa shape index (κ2) is 9.27. The number of thioether (sulfide) groups is 1. The molecular formula is C15H31IN4O2S2. The number of rotatable bonds is 4. The first-order chi connectivity index (χ1) is 10.7. The summed E-state index contributed by atoms with van der Waals surface area (Å²) in [7, 11) is -3.06. The van der Waals surface area contributed by atoms with Crippen molar-refractivity contribution in [2.45, 2.75) is 31.9 Å². The third-order valence-electron chi connectivity index (χ3n) is 4.28. The van der Waals surface area contributed by atoms with E-state index in [9.17, 15) is 8.42 Å². The molecule has 0 spiro atoms. The molecule has 0 saturated carbocycles. The molecule has 9 heteroatoms. The minimum Gasteiger partial charge on any atom is -0.357 e. The maximum atomic E-state index is 11.6. The van der Waals surface area contributed by atoms with Crippen LogP contribution in [0, 0.1) is 5.92 Å². The third kappa shape index (κ3) is 6.53. The molecule has 0 amide bonds. The van der Waals surface area contributed by atoms with Gasteiger partial charge < -0.3 is 10.2 Å². The van der Waals surface area contributed by atoms with Crippen molar-refractivity contribution in [3.05, 3.63) is 0 Å². The second-order valence-corrected chi connectivity index (χ2v) is 10.8. The van der Waals surface area contributed by atoms with Gasteiger partial charge in [-0.3, -0.25) is 4.99 Å². The van der Waals surface area contributed by atoms with E-state index in [4.69, 9.17) is 4.99 Å². The standard InChI is InChI=1S/C15H30N4O2S2.HI/c1-5-16-14(18-8-9-22-15(2,3)12-18)17-10-13-6-7-19(11-13)23(4,20)21;/h13H,5-12H2,1-4H3,(H,16,17);1H. The van der Waals surface area contributed by atoms with Crippen LogP contribution < -0.4 is 5.32 Å². The molecule has 1 unspecified atom stereocenters. The van der Waals surface area contributed by atoms with E-state index in [-0.39, 0.29) is 28.7 Å². The Morgan fingerprint density at radius 3 is 2.62 bits per heavy atom. The molecule has 0 aromatic rings. The van der Waals surface area contributed by atoms with Crippen molar-refractivity contribution in [1.29, 1.82) is 0 Å². The Balaban J connectivity index is 0.00000288. The Hall–Kier alpha value is 0.260. The van der Waals surface area contributed by atoms with Crippen LogP contribution in [-0.4, -0.2) is 79.6 Å². The normalized spacial score (nSPS) is 25.4. The van der Waals surface area contributed by atoms with E-state index < -0.39 is 10.0 Å². The zero-order valence-corrected chi connectivity index (χ0v) is 19.1. The zero-order valence-electron chi connectivity index (χ0n) is 15.1. The molecule has 2 rings (SSSR count). The van der Waals surface area contributed by atoms with E-state index in [1.165, 1.54) is 6.26 Å². The fourth-order valence-electron chi connectivity index (χ4n) is 3.09. The number of hydrogen-bond donors (Lipinski definition) is 1. The molecule has 2 fully saturated rings. The van der Waals surface area contributed by atoms with Crippen LogP contribution in [0.1, 0.15) is 27.2 Å². The third-order valence-corrected chi connectivity index (χ3v) is 6.84. The Bertz CT molecular complexity index is 540. The summed E-state index contributed by atoms with van der Waals surface area (Å²) >= 11 is 2.01. The molecule has 2 aliphatic heterocycles. The highest BCUT2D eigenvalue weighted by atomic mass is 127. The summed E-state index contributed by atoms with van der Waals surface area (Å²) in [4.78, 5) is 7.14. The maximum Gasteiger partial charge on any atom is 0.211 e. The summed E-state index contributed by atoms with van der Waals surface area (Å²) in [6, 6.07) is 0. The van der Waals surface area contributed by atoms with Crippen LogP contribution in [0.25, 0.3) is 0 Å². The van der Waals surface area contributed by atoms with Gasteiger partial charge in [0.2, 0.25) is 10.0 Å². The van der Waals surface area contributed by atoms with Gasteiger partial charge in [0, 0.05) is 49.8 Å². The predicted octanol–water partition coefficient (Wildman–Crippen LogP) is 1.68. The van der Waals surface area contributed by atoms with Crippen LogP contribution in [-0.2, 0) is 10.0 Å². The number of guanidine groups is 1. The largest absolute Gasteiger partial charge is 0.357 e. The fraction of sp³-hybridized carbons (Fsp3) is 0.933. The summed E-state index contributed by atoms with van der Waals surface area (Å²) in [5.74, 6) is 2.41. The lowest BCUT2D eigenvalue weighted by molar-refractivity contribution is 0.374. The molecule has 1 N–H and O–H groups in total. The van der Waals surface area contributed by atoms with Gasteiger partial charge in [-0.1, -0.05) is 0 Å². The van der Waals surface area contributed by atoms with E-state index in [1.54, 1.807) is 4.31 Å². The fourth-order valence-corrected chi connectivity index (χ4v) is 5.12. The smallest absolute Gasteiger partial charge is 0.211 e. The highest BCUT2D eigenvalue weighted by Crippen LogP contribution is 2.29. The van der Waals surface area contributed by atoms with Crippen LogP contribution >= 0.6 is 35.7 Å². The first-order valence-corrected chi connectivity index (χ1v) is 11.2. The number of nitrogens with zero attached hydrogens (tertiary/aromatic N) is 3. The van der Waals surface area contributed by atoms with Crippen LogP contribution in [0.4, 0.5) is 0 Å². The minimum absolute atomic E-state index is 0. The molecule has 0 radical (unpaired) electrons. The quantitative estimate of drug-likeness (QED) is 0.369. The topological polar surface area (TPSA) is 65.0 Å². The van der Waals surface area contributed by atoms with E-state index >= 15 is 0 Å². The Kier molecular flexibility index (Phi) is 8.61. The van der Waals surface area contributed by atoms with Crippen LogP contribution in [0.15, 0.2) is 4.99 Å². The summed E-state index contributed by atoms with van der Waals surface area (Å²) in [6.07, 6.45) is 2.19. The van der Waals surface area contributed by atoms with Crippen LogP contribution in [0.2, 0.25) is 0 Å². The van der Waals surface area contributed by atoms with Crippen molar-refractivity contribution in [2.75, 3.05) is 51.3 Å². The molecule has 0 aromatic carbocycles. The van der Waals surface area contributed by atoms with Crippen molar-refractivity contribution in [3.8, 4) is 0 Å². The van der Waals surface area contributed by atoms with Crippen LogP contribution in [0.5, 0.6) is 0 Å². The van der Waals surface area contributed by atoms with Crippen molar-refractivity contribution in [2.24, 2.45) is 10.9 Å². The van der Waals surface area contributed by atoms with E-state index in [0.29, 0.717) is 25.6 Å². The molecule has 0 aliphatic carbocycles. The predicted molar refractivity (Wildman–Crippen MR) is 114 cm³/mol. The van der Waals surface area contributed by atoms with Gasteiger partial charge in [-0.2, -0.15) is 11.8 Å². The SMILES string of the molecule is CCNC(=NCC1CCN(S(C)(=O)=O)C1)N1CCSC(C)(C)C1.I. The average Bonchev–Trinajstić information content (AvgIpc) is 2.91. The molecule has 6 nitrogen and oxygen atoms in total. The highest BCUT2D eigenvalue weighted by Gasteiger charge is 2.30. The van der Waals surface area contributed by atoms with Gasteiger partial charge in [-0.15, -0.1) is 24.0 Å². The number of halogens is 1. The summed E-state index contributed by atoms with van der Waals surface area (Å²) in [5.41, 5.74) is 0. The van der Waals surface area contributed by atoms with Crippen molar-refractivity contribution in [1.82, 2.24) is 14.5 Å². The second-order valence-electron chi connectivity index (χ2n) is 7.00. The average molecular weight is 490 g/mol. The molecule has 1 atom stereocenters. The molecule has 0 aromatic heterocycles. The Labute approximate surface area is 168 Å². The molecular weight excluding hydrogens is 459 g/mol. The Morgan fingerprint density at radius 2 is 2.08 bits per heavy atom. The summed E-state index contributed by atoms with van der Waals surface area (Å²) in [6.45, 7) is 11.4. The monoisotopic (exact) mass is 490 g/mol. The number of nitrogens with one attached hydrogen (secondary N) is 1. The lowest BCUT2D eigenvalue weighted by Crippen LogP contribution is -2.51. The van der Waals surface area contributed by atoms with Crippen molar-refractivity contribution < 1.29 is 8.42 Å². The first-order valence-electron chi connectivity index (χ1n) is 8.33. The first kappa shape index (κ1) is 22.3. The van der Waals surface area contributed by atoms with Crippen LogP contribution in [0.3, 0.4) is 0 Å². The van der Waals surface area contributed by atoms with Gasteiger partial charge in [0.15, 0.2) is 5.96 Å². The molecule has 2 saturated heterocycles. The van der Waals surface area contributed by atoms with E-state index in [2.05, 4.69) is 31.0 Å². The minimum atomic E-state index is -3.06. The van der Waals surface area contributed by atoms with Gasteiger partial charge in [0.1, 0.15) is 0 Å². The van der Waals surface area contributed by atoms with Crippen molar-refractivity contribution >= 4 is 51.7 Å². The molecule has 2 heterocycles. The summed E-state index contributed by atoms with van der Waals surface area (Å²) < 4.78 is 25.0. The molecule has 0 bridgehead atoms. The maximum absolute atomic E-state index is 11.6. The lowest BCUT2D eigenvalue weighted by Gasteiger charge is -2.39. The lowest BCUT2D eigenvalue weighted by atomic mass is 10.1. The van der Waals surface area contributed by atoms with Crippen molar-refractivity contribution in [3.63, 3.8) is 0 Å². The molecule has 2 aliphatic rings. The van der Waals surface area contributed by atoms with E-state index in [1.807, 2.05) is 11.8 Å². The number of sulfonamides is 1. The van der Waals surface area contributed by atoms with Gasteiger partial charge in [-0.25, -0.2) is 12.7 Å².